The number of hydrogen-bond acceptors (Lipinski definition) is 3. The maximum atomic E-state index is 10.5. The number of aryl methyl sites for hydroxylation is 1. The lowest BCUT2D eigenvalue weighted by molar-refractivity contribution is -0.0679. The standard InChI is InChI=1S/C13H18O3/c1-10-9-11(3-4-12(10)15-2)13(14)5-7-16-8-6-13/h3-4,9,14H,5-8H2,1-2H3. The van der Waals surface area contributed by atoms with Crippen LogP contribution in [-0.4, -0.2) is 25.4 Å². The Balaban J connectivity index is 2.29. The first-order valence-electron chi connectivity index (χ1n) is 5.61. The van der Waals surface area contributed by atoms with Crippen molar-refractivity contribution in [3.05, 3.63) is 29.3 Å². The fraction of sp³-hybridized carbons (Fsp3) is 0.538. The summed E-state index contributed by atoms with van der Waals surface area (Å²) in [5.41, 5.74) is 1.30. The molecule has 88 valence electrons. The van der Waals surface area contributed by atoms with Crippen LogP contribution in [0, 0.1) is 6.92 Å². The van der Waals surface area contributed by atoms with Gasteiger partial charge in [0.15, 0.2) is 0 Å². The van der Waals surface area contributed by atoms with Crippen molar-refractivity contribution in [2.24, 2.45) is 0 Å². The van der Waals surface area contributed by atoms with E-state index in [2.05, 4.69) is 0 Å². The predicted molar refractivity (Wildman–Crippen MR) is 61.7 cm³/mol. The van der Waals surface area contributed by atoms with E-state index in [0.29, 0.717) is 26.1 Å². The molecule has 2 rings (SSSR count). The number of aliphatic hydroxyl groups is 1. The first-order valence-corrected chi connectivity index (χ1v) is 5.61. The monoisotopic (exact) mass is 222 g/mol. The Morgan fingerprint density at radius 2 is 2.00 bits per heavy atom. The molecule has 0 radical (unpaired) electrons. The lowest BCUT2D eigenvalue weighted by Gasteiger charge is -2.32. The minimum Gasteiger partial charge on any atom is -0.496 e. The van der Waals surface area contributed by atoms with E-state index in [1.165, 1.54) is 0 Å². The molecule has 1 aliphatic heterocycles. The van der Waals surface area contributed by atoms with E-state index in [-0.39, 0.29) is 0 Å². The summed E-state index contributed by atoms with van der Waals surface area (Å²) in [6, 6.07) is 5.86. The molecule has 0 aromatic heterocycles. The van der Waals surface area contributed by atoms with Gasteiger partial charge in [-0.25, -0.2) is 0 Å². The van der Waals surface area contributed by atoms with Crippen molar-refractivity contribution in [1.82, 2.24) is 0 Å². The molecule has 3 nitrogen and oxygen atoms in total. The van der Waals surface area contributed by atoms with Gasteiger partial charge in [-0.05, 0) is 30.2 Å². The Hall–Kier alpha value is -1.06. The summed E-state index contributed by atoms with van der Waals surface area (Å²) in [6.45, 7) is 3.24. The van der Waals surface area contributed by atoms with E-state index < -0.39 is 5.60 Å². The van der Waals surface area contributed by atoms with Crippen LogP contribution in [0.25, 0.3) is 0 Å². The lowest BCUT2D eigenvalue weighted by atomic mass is 9.86. The molecule has 0 amide bonds. The van der Waals surface area contributed by atoms with Crippen molar-refractivity contribution in [2.45, 2.75) is 25.4 Å². The summed E-state index contributed by atoms with van der Waals surface area (Å²) in [7, 11) is 1.66. The van der Waals surface area contributed by atoms with Crippen LogP contribution in [0.2, 0.25) is 0 Å². The van der Waals surface area contributed by atoms with Gasteiger partial charge in [-0.3, -0.25) is 0 Å². The zero-order valence-electron chi connectivity index (χ0n) is 9.82. The average molecular weight is 222 g/mol. The Morgan fingerprint density at radius 3 is 2.56 bits per heavy atom. The molecule has 16 heavy (non-hydrogen) atoms. The summed E-state index contributed by atoms with van der Waals surface area (Å²) in [6.07, 6.45) is 1.33. The minimum atomic E-state index is -0.727. The van der Waals surface area contributed by atoms with Gasteiger partial charge in [-0.2, -0.15) is 0 Å². The van der Waals surface area contributed by atoms with Gasteiger partial charge in [-0.1, -0.05) is 6.07 Å². The van der Waals surface area contributed by atoms with Crippen molar-refractivity contribution < 1.29 is 14.6 Å². The Morgan fingerprint density at radius 1 is 1.31 bits per heavy atom. The maximum absolute atomic E-state index is 10.5. The molecular formula is C13H18O3. The van der Waals surface area contributed by atoms with E-state index >= 15 is 0 Å². The normalized spacial score (nSPS) is 19.4. The van der Waals surface area contributed by atoms with Crippen LogP contribution < -0.4 is 4.74 Å². The molecule has 1 aliphatic rings. The highest BCUT2D eigenvalue weighted by atomic mass is 16.5. The number of rotatable bonds is 2. The molecule has 0 saturated carbocycles. The number of benzene rings is 1. The van der Waals surface area contributed by atoms with Crippen LogP contribution in [0.15, 0.2) is 18.2 Å². The summed E-state index contributed by atoms with van der Waals surface area (Å²) in [5, 5.41) is 10.5. The van der Waals surface area contributed by atoms with Crippen LogP contribution in [0.3, 0.4) is 0 Å². The highest BCUT2D eigenvalue weighted by Gasteiger charge is 2.31. The van der Waals surface area contributed by atoms with Gasteiger partial charge in [0, 0.05) is 26.1 Å². The third-order valence-corrected chi connectivity index (χ3v) is 3.25. The van der Waals surface area contributed by atoms with Crippen LogP contribution in [0.1, 0.15) is 24.0 Å². The zero-order valence-corrected chi connectivity index (χ0v) is 9.82. The second-order valence-corrected chi connectivity index (χ2v) is 4.33. The van der Waals surface area contributed by atoms with Gasteiger partial charge in [0.2, 0.25) is 0 Å². The second-order valence-electron chi connectivity index (χ2n) is 4.33. The second kappa shape index (κ2) is 4.44. The van der Waals surface area contributed by atoms with Gasteiger partial charge in [0.25, 0.3) is 0 Å². The molecular weight excluding hydrogens is 204 g/mol. The largest absolute Gasteiger partial charge is 0.496 e. The smallest absolute Gasteiger partial charge is 0.121 e. The number of ether oxygens (including phenoxy) is 2. The SMILES string of the molecule is COc1ccc(C2(O)CCOCC2)cc1C. The average Bonchev–Trinajstić information content (AvgIpc) is 2.30. The molecule has 0 atom stereocenters. The summed E-state index contributed by atoms with van der Waals surface area (Å²) < 4.78 is 10.5. The van der Waals surface area contributed by atoms with E-state index in [1.54, 1.807) is 7.11 Å². The lowest BCUT2D eigenvalue weighted by Crippen LogP contribution is -2.33. The van der Waals surface area contributed by atoms with E-state index in [0.717, 1.165) is 16.9 Å². The zero-order chi connectivity index (χ0) is 11.6. The van der Waals surface area contributed by atoms with Crippen molar-refractivity contribution in [3.8, 4) is 5.75 Å². The molecule has 1 saturated heterocycles. The van der Waals surface area contributed by atoms with Crippen molar-refractivity contribution >= 4 is 0 Å². The van der Waals surface area contributed by atoms with Crippen LogP contribution in [0.5, 0.6) is 5.75 Å². The third-order valence-electron chi connectivity index (χ3n) is 3.25. The molecule has 0 aliphatic carbocycles. The fourth-order valence-corrected chi connectivity index (χ4v) is 2.17. The Labute approximate surface area is 96.0 Å². The van der Waals surface area contributed by atoms with Crippen molar-refractivity contribution in [1.29, 1.82) is 0 Å². The molecule has 1 heterocycles. The van der Waals surface area contributed by atoms with Gasteiger partial charge in [0.1, 0.15) is 5.75 Å². The molecule has 0 unspecified atom stereocenters. The van der Waals surface area contributed by atoms with Crippen LogP contribution in [0.4, 0.5) is 0 Å². The van der Waals surface area contributed by atoms with Crippen LogP contribution >= 0.6 is 0 Å². The molecule has 0 bridgehead atoms. The number of methoxy groups -OCH3 is 1. The molecule has 1 aromatic carbocycles. The highest BCUT2D eigenvalue weighted by molar-refractivity contribution is 5.38. The van der Waals surface area contributed by atoms with Gasteiger partial charge < -0.3 is 14.6 Å². The quantitative estimate of drug-likeness (QED) is 0.831. The Kier molecular flexibility index (Phi) is 3.17. The first-order chi connectivity index (χ1) is 7.65. The van der Waals surface area contributed by atoms with E-state index in [9.17, 15) is 5.11 Å². The Bertz CT molecular complexity index is 367. The maximum Gasteiger partial charge on any atom is 0.121 e. The summed E-state index contributed by atoms with van der Waals surface area (Å²) in [5.74, 6) is 0.861. The van der Waals surface area contributed by atoms with Gasteiger partial charge in [-0.15, -0.1) is 0 Å². The number of hydrogen-bond donors (Lipinski definition) is 1. The van der Waals surface area contributed by atoms with Crippen LogP contribution in [-0.2, 0) is 10.3 Å². The highest BCUT2D eigenvalue weighted by Crippen LogP contribution is 2.33. The molecule has 0 spiro atoms. The topological polar surface area (TPSA) is 38.7 Å². The first kappa shape index (κ1) is 11.4. The predicted octanol–water partition coefficient (Wildman–Crippen LogP) is 2.00. The molecule has 1 aromatic rings. The fourth-order valence-electron chi connectivity index (χ4n) is 2.17. The van der Waals surface area contributed by atoms with Crippen molar-refractivity contribution in [3.63, 3.8) is 0 Å². The summed E-state index contributed by atoms with van der Waals surface area (Å²) >= 11 is 0. The molecule has 1 fully saturated rings. The molecule has 1 N–H and O–H groups in total. The van der Waals surface area contributed by atoms with Gasteiger partial charge >= 0.3 is 0 Å². The minimum absolute atomic E-state index is 0.627. The summed E-state index contributed by atoms with van der Waals surface area (Å²) in [4.78, 5) is 0. The molecule has 3 heteroatoms. The van der Waals surface area contributed by atoms with Gasteiger partial charge in [0.05, 0.1) is 12.7 Å². The van der Waals surface area contributed by atoms with E-state index in [1.807, 2.05) is 25.1 Å². The van der Waals surface area contributed by atoms with Crippen molar-refractivity contribution in [2.75, 3.05) is 20.3 Å². The third kappa shape index (κ3) is 2.06. The van der Waals surface area contributed by atoms with E-state index in [4.69, 9.17) is 9.47 Å².